The van der Waals surface area contributed by atoms with Crippen LogP contribution in [0.15, 0.2) is 24.4 Å². The third kappa shape index (κ3) is 2.60. The molecule has 0 radical (unpaired) electrons. The zero-order valence-electron chi connectivity index (χ0n) is 12.9. The highest BCUT2D eigenvalue weighted by Gasteiger charge is 2.29. The zero-order chi connectivity index (χ0) is 14.8. The van der Waals surface area contributed by atoms with Crippen LogP contribution < -0.4 is 5.73 Å². The summed E-state index contributed by atoms with van der Waals surface area (Å²) in [6, 6.07) is 6.37. The third-order valence-corrected chi connectivity index (χ3v) is 4.54. The summed E-state index contributed by atoms with van der Waals surface area (Å²) in [6.45, 7) is 5.12. The Morgan fingerprint density at radius 3 is 3.05 bits per heavy atom. The van der Waals surface area contributed by atoms with Gasteiger partial charge in [-0.1, -0.05) is 13.0 Å². The van der Waals surface area contributed by atoms with Crippen molar-refractivity contribution in [1.82, 2.24) is 14.8 Å². The molecule has 2 unspecified atom stereocenters. The second kappa shape index (κ2) is 5.98. The Bertz CT molecular complexity index is 617. The van der Waals surface area contributed by atoms with Crippen molar-refractivity contribution in [3.05, 3.63) is 47.0 Å². The number of hydrogen-bond donors (Lipinski definition) is 1. The predicted octanol–water partition coefficient (Wildman–Crippen LogP) is 2.98. The molecule has 1 aliphatic carbocycles. The molecular formula is C17H24N4. The van der Waals surface area contributed by atoms with E-state index < -0.39 is 0 Å². The van der Waals surface area contributed by atoms with Crippen molar-refractivity contribution in [3.8, 4) is 0 Å². The van der Waals surface area contributed by atoms with Crippen molar-refractivity contribution >= 4 is 0 Å². The van der Waals surface area contributed by atoms with E-state index in [2.05, 4.69) is 40.7 Å². The fourth-order valence-corrected chi connectivity index (χ4v) is 3.38. The molecule has 4 heteroatoms. The van der Waals surface area contributed by atoms with E-state index in [4.69, 9.17) is 5.73 Å². The molecule has 2 atom stereocenters. The Kier molecular flexibility index (Phi) is 4.06. The molecule has 3 rings (SSSR count). The lowest BCUT2D eigenvalue weighted by atomic mass is 9.81. The summed E-state index contributed by atoms with van der Waals surface area (Å²) in [6.07, 6.45) is 6.27. The van der Waals surface area contributed by atoms with Crippen molar-refractivity contribution < 1.29 is 0 Å². The first-order chi connectivity index (χ1) is 10.2. The van der Waals surface area contributed by atoms with Crippen LogP contribution in [0.2, 0.25) is 0 Å². The standard InChI is InChI=1S/C17H24N4/c1-3-13-11-15(21(4-2)20-13)16(18)14-9-5-7-12-8-6-10-19-17(12)14/h6,8,10-11,14,16H,3-5,7,9,18H2,1-2H3. The maximum atomic E-state index is 6.63. The van der Waals surface area contributed by atoms with Gasteiger partial charge >= 0.3 is 0 Å². The van der Waals surface area contributed by atoms with Gasteiger partial charge in [0.15, 0.2) is 0 Å². The van der Waals surface area contributed by atoms with Crippen molar-refractivity contribution in [2.75, 3.05) is 0 Å². The van der Waals surface area contributed by atoms with E-state index in [1.54, 1.807) is 0 Å². The number of nitrogens with zero attached hydrogens (tertiary/aromatic N) is 3. The van der Waals surface area contributed by atoms with Crippen molar-refractivity contribution in [1.29, 1.82) is 0 Å². The van der Waals surface area contributed by atoms with Crippen LogP contribution >= 0.6 is 0 Å². The lowest BCUT2D eigenvalue weighted by molar-refractivity contribution is 0.436. The van der Waals surface area contributed by atoms with E-state index in [0.29, 0.717) is 5.92 Å². The lowest BCUT2D eigenvalue weighted by Gasteiger charge is -2.29. The van der Waals surface area contributed by atoms with Crippen LogP contribution in [0.3, 0.4) is 0 Å². The zero-order valence-corrected chi connectivity index (χ0v) is 12.9. The van der Waals surface area contributed by atoms with E-state index in [1.165, 1.54) is 17.7 Å². The topological polar surface area (TPSA) is 56.7 Å². The molecule has 0 amide bonds. The Morgan fingerprint density at radius 2 is 2.29 bits per heavy atom. The molecule has 0 aromatic carbocycles. The van der Waals surface area contributed by atoms with Crippen molar-refractivity contribution in [2.24, 2.45) is 5.73 Å². The maximum absolute atomic E-state index is 6.63. The van der Waals surface area contributed by atoms with Crippen LogP contribution in [-0.4, -0.2) is 14.8 Å². The maximum Gasteiger partial charge on any atom is 0.0625 e. The fraction of sp³-hybridized carbons (Fsp3) is 0.529. The monoisotopic (exact) mass is 284 g/mol. The highest BCUT2D eigenvalue weighted by Crippen LogP contribution is 2.38. The van der Waals surface area contributed by atoms with Gasteiger partial charge in [-0.05, 0) is 50.3 Å². The summed E-state index contributed by atoms with van der Waals surface area (Å²) < 4.78 is 2.06. The molecule has 21 heavy (non-hydrogen) atoms. The van der Waals surface area contributed by atoms with Gasteiger partial charge in [0.25, 0.3) is 0 Å². The summed E-state index contributed by atoms with van der Waals surface area (Å²) in [5, 5.41) is 4.64. The highest BCUT2D eigenvalue weighted by molar-refractivity contribution is 5.30. The van der Waals surface area contributed by atoms with Gasteiger partial charge in [0.05, 0.1) is 17.4 Å². The number of hydrogen-bond acceptors (Lipinski definition) is 3. The number of fused-ring (bicyclic) bond motifs is 1. The molecular weight excluding hydrogens is 260 g/mol. The predicted molar refractivity (Wildman–Crippen MR) is 84.1 cm³/mol. The molecule has 112 valence electrons. The van der Waals surface area contributed by atoms with Crippen molar-refractivity contribution in [2.45, 2.75) is 58.0 Å². The Morgan fingerprint density at radius 1 is 1.43 bits per heavy atom. The van der Waals surface area contributed by atoms with E-state index in [9.17, 15) is 0 Å². The number of rotatable bonds is 4. The van der Waals surface area contributed by atoms with E-state index in [0.717, 1.165) is 37.2 Å². The number of pyridine rings is 1. The number of nitrogens with two attached hydrogens (primary N) is 1. The van der Waals surface area contributed by atoms with Gasteiger partial charge in [0.2, 0.25) is 0 Å². The second-order valence-electron chi connectivity index (χ2n) is 5.80. The molecule has 2 N–H and O–H groups in total. The first kappa shape index (κ1) is 14.3. The molecule has 1 aliphatic rings. The van der Waals surface area contributed by atoms with Gasteiger partial charge < -0.3 is 5.73 Å². The summed E-state index contributed by atoms with van der Waals surface area (Å²) in [5.74, 6) is 0.307. The van der Waals surface area contributed by atoms with Crippen LogP contribution in [-0.2, 0) is 19.4 Å². The number of aryl methyl sites for hydroxylation is 3. The average Bonchev–Trinajstić information content (AvgIpc) is 2.97. The first-order valence-electron chi connectivity index (χ1n) is 8.00. The molecule has 0 spiro atoms. The number of aromatic nitrogens is 3. The normalized spacial score (nSPS) is 19.3. The van der Waals surface area contributed by atoms with Crippen LogP contribution in [0, 0.1) is 0 Å². The molecule has 0 saturated heterocycles. The molecule has 2 heterocycles. The van der Waals surface area contributed by atoms with Gasteiger partial charge in [0, 0.05) is 24.4 Å². The molecule has 4 nitrogen and oxygen atoms in total. The summed E-state index contributed by atoms with van der Waals surface area (Å²) >= 11 is 0. The fourth-order valence-electron chi connectivity index (χ4n) is 3.38. The van der Waals surface area contributed by atoms with E-state index in [-0.39, 0.29) is 6.04 Å². The summed E-state index contributed by atoms with van der Waals surface area (Å²) in [4.78, 5) is 4.62. The Hall–Kier alpha value is -1.68. The van der Waals surface area contributed by atoms with Gasteiger partial charge in [-0.2, -0.15) is 5.10 Å². The SMILES string of the molecule is CCc1cc(C(N)C2CCCc3cccnc32)n(CC)n1. The second-order valence-corrected chi connectivity index (χ2v) is 5.80. The van der Waals surface area contributed by atoms with Crippen LogP contribution in [0.5, 0.6) is 0 Å². The molecule has 2 aromatic rings. The minimum absolute atomic E-state index is 0.0216. The van der Waals surface area contributed by atoms with Crippen molar-refractivity contribution in [3.63, 3.8) is 0 Å². The van der Waals surface area contributed by atoms with Gasteiger partial charge in [0.1, 0.15) is 0 Å². The summed E-state index contributed by atoms with van der Waals surface area (Å²) in [5.41, 5.74) is 11.5. The van der Waals surface area contributed by atoms with Gasteiger partial charge in [-0.15, -0.1) is 0 Å². The lowest BCUT2D eigenvalue weighted by Crippen LogP contribution is -2.26. The first-order valence-corrected chi connectivity index (χ1v) is 8.00. The van der Waals surface area contributed by atoms with E-state index in [1.807, 2.05) is 12.3 Å². The Balaban J connectivity index is 1.96. The van der Waals surface area contributed by atoms with Gasteiger partial charge in [-0.3, -0.25) is 9.67 Å². The minimum atomic E-state index is -0.0216. The summed E-state index contributed by atoms with van der Waals surface area (Å²) in [7, 11) is 0. The molecule has 2 aromatic heterocycles. The molecule has 0 aliphatic heterocycles. The largest absolute Gasteiger partial charge is 0.322 e. The van der Waals surface area contributed by atoms with Crippen LogP contribution in [0.4, 0.5) is 0 Å². The van der Waals surface area contributed by atoms with Crippen LogP contribution in [0.25, 0.3) is 0 Å². The minimum Gasteiger partial charge on any atom is -0.322 e. The Labute approximate surface area is 126 Å². The third-order valence-electron chi connectivity index (χ3n) is 4.54. The average molecular weight is 284 g/mol. The van der Waals surface area contributed by atoms with Crippen LogP contribution in [0.1, 0.15) is 61.3 Å². The molecule has 0 saturated carbocycles. The molecule has 0 bridgehead atoms. The quantitative estimate of drug-likeness (QED) is 0.939. The smallest absolute Gasteiger partial charge is 0.0625 e. The highest BCUT2D eigenvalue weighted by atomic mass is 15.3. The molecule has 0 fully saturated rings. The van der Waals surface area contributed by atoms with Gasteiger partial charge in [-0.25, -0.2) is 0 Å². The van der Waals surface area contributed by atoms with E-state index >= 15 is 0 Å².